The van der Waals surface area contributed by atoms with Crippen LogP contribution in [0.2, 0.25) is 0 Å². The summed E-state index contributed by atoms with van der Waals surface area (Å²) in [4.78, 5) is 14.3. The van der Waals surface area contributed by atoms with E-state index in [1.54, 1.807) is 0 Å². The molecule has 2 heterocycles. The molecule has 1 aliphatic heterocycles. The lowest BCUT2D eigenvalue weighted by atomic mass is 9.90. The lowest BCUT2D eigenvalue weighted by Crippen LogP contribution is -2.34. The summed E-state index contributed by atoms with van der Waals surface area (Å²) in [7, 11) is 0. The molecule has 1 saturated heterocycles. The maximum Gasteiger partial charge on any atom is 0.274 e. The van der Waals surface area contributed by atoms with Crippen molar-refractivity contribution in [3.05, 3.63) is 17.5 Å². The van der Waals surface area contributed by atoms with Crippen LogP contribution < -0.4 is 5.73 Å². The molecule has 1 aromatic heterocycles. The maximum atomic E-state index is 12.4. The minimum absolute atomic E-state index is 0.00363. The van der Waals surface area contributed by atoms with Gasteiger partial charge in [0.15, 0.2) is 0 Å². The van der Waals surface area contributed by atoms with Gasteiger partial charge in [0, 0.05) is 24.2 Å². The number of H-pyrrole nitrogens is 1. The van der Waals surface area contributed by atoms with Gasteiger partial charge in [-0.05, 0) is 24.4 Å². The largest absolute Gasteiger partial charge is 0.337 e. The number of hydrogen-bond acceptors (Lipinski definition) is 3. The quantitative estimate of drug-likeness (QED) is 0.850. The molecule has 3 N–H and O–H groups in total. The summed E-state index contributed by atoms with van der Waals surface area (Å²) < 4.78 is 0. The Balaban J connectivity index is 2.11. The van der Waals surface area contributed by atoms with Crippen LogP contribution in [0, 0.1) is 5.41 Å². The third-order valence-electron chi connectivity index (χ3n) is 3.94. The van der Waals surface area contributed by atoms with Crippen molar-refractivity contribution in [1.29, 1.82) is 0 Å². The van der Waals surface area contributed by atoms with Crippen molar-refractivity contribution in [2.24, 2.45) is 11.1 Å². The Morgan fingerprint density at radius 1 is 1.58 bits per heavy atom. The highest BCUT2D eigenvalue weighted by molar-refractivity contribution is 5.92. The Morgan fingerprint density at radius 2 is 2.26 bits per heavy atom. The van der Waals surface area contributed by atoms with Crippen molar-refractivity contribution < 1.29 is 4.79 Å². The number of nitrogens with two attached hydrogens (primary N) is 1. The standard InChI is InChI=1S/C14H24N4O/c1-13(2,3)11-7-10(16-17-11)12(19)18-6-5-14(4,8-15)9-18/h7H,5-6,8-9,15H2,1-4H3,(H,16,17). The maximum absolute atomic E-state index is 12.4. The molecule has 0 saturated carbocycles. The number of aromatic amines is 1. The van der Waals surface area contributed by atoms with E-state index in [4.69, 9.17) is 5.73 Å². The molecule has 0 radical (unpaired) electrons. The number of hydrogen-bond donors (Lipinski definition) is 2. The summed E-state index contributed by atoms with van der Waals surface area (Å²) in [5.41, 5.74) is 7.29. The van der Waals surface area contributed by atoms with E-state index < -0.39 is 0 Å². The number of carbonyl (C=O) groups is 1. The molecule has 1 aromatic rings. The first-order valence-electron chi connectivity index (χ1n) is 6.80. The Kier molecular flexibility index (Phi) is 3.43. The molecule has 2 rings (SSSR count). The number of rotatable bonds is 2. The Bertz CT molecular complexity index is 474. The van der Waals surface area contributed by atoms with Crippen molar-refractivity contribution in [2.75, 3.05) is 19.6 Å². The number of nitrogens with one attached hydrogen (secondary N) is 1. The lowest BCUT2D eigenvalue weighted by molar-refractivity contribution is 0.0771. The van der Waals surface area contributed by atoms with Crippen LogP contribution in [-0.2, 0) is 5.41 Å². The zero-order chi connectivity index (χ0) is 14.3. The molecule has 1 unspecified atom stereocenters. The van der Waals surface area contributed by atoms with Crippen molar-refractivity contribution >= 4 is 5.91 Å². The zero-order valence-corrected chi connectivity index (χ0v) is 12.3. The first-order valence-corrected chi connectivity index (χ1v) is 6.80. The second kappa shape index (κ2) is 4.63. The number of amides is 1. The summed E-state index contributed by atoms with van der Waals surface area (Å²) in [5.74, 6) is 0.00363. The molecule has 106 valence electrons. The Labute approximate surface area is 114 Å². The third kappa shape index (κ3) is 2.81. The molecule has 1 aliphatic rings. The van der Waals surface area contributed by atoms with Gasteiger partial charge in [-0.2, -0.15) is 5.10 Å². The van der Waals surface area contributed by atoms with Gasteiger partial charge in [-0.3, -0.25) is 9.89 Å². The van der Waals surface area contributed by atoms with Gasteiger partial charge < -0.3 is 10.6 Å². The van der Waals surface area contributed by atoms with E-state index in [1.807, 2.05) is 11.0 Å². The summed E-state index contributed by atoms with van der Waals surface area (Å²) in [6.07, 6.45) is 0.964. The molecular weight excluding hydrogens is 240 g/mol. The fraction of sp³-hybridized carbons (Fsp3) is 0.714. The van der Waals surface area contributed by atoms with Gasteiger partial charge in [-0.15, -0.1) is 0 Å². The number of nitrogens with zero attached hydrogens (tertiary/aromatic N) is 2. The van der Waals surface area contributed by atoms with E-state index >= 15 is 0 Å². The molecule has 5 heteroatoms. The van der Waals surface area contributed by atoms with E-state index in [2.05, 4.69) is 37.9 Å². The fourth-order valence-electron chi connectivity index (χ4n) is 2.34. The van der Waals surface area contributed by atoms with E-state index in [-0.39, 0.29) is 16.7 Å². The monoisotopic (exact) mass is 264 g/mol. The van der Waals surface area contributed by atoms with Crippen LogP contribution in [0.5, 0.6) is 0 Å². The summed E-state index contributed by atoms with van der Waals surface area (Å²) >= 11 is 0. The highest BCUT2D eigenvalue weighted by Gasteiger charge is 2.36. The first-order chi connectivity index (χ1) is 8.75. The van der Waals surface area contributed by atoms with Gasteiger partial charge in [0.25, 0.3) is 5.91 Å². The first kappa shape index (κ1) is 14.1. The van der Waals surface area contributed by atoms with Crippen molar-refractivity contribution in [1.82, 2.24) is 15.1 Å². The van der Waals surface area contributed by atoms with E-state index in [9.17, 15) is 4.79 Å². The highest BCUT2D eigenvalue weighted by Crippen LogP contribution is 2.29. The molecule has 5 nitrogen and oxygen atoms in total. The smallest absolute Gasteiger partial charge is 0.274 e. The predicted molar refractivity (Wildman–Crippen MR) is 75.0 cm³/mol. The second-order valence-electron chi connectivity index (χ2n) is 6.91. The highest BCUT2D eigenvalue weighted by atomic mass is 16.2. The van der Waals surface area contributed by atoms with Gasteiger partial charge in [0.05, 0.1) is 0 Å². The normalized spacial score (nSPS) is 23.9. The van der Waals surface area contributed by atoms with E-state index in [0.717, 1.165) is 25.2 Å². The van der Waals surface area contributed by atoms with Crippen LogP contribution in [0.15, 0.2) is 6.07 Å². The lowest BCUT2D eigenvalue weighted by Gasteiger charge is -2.22. The van der Waals surface area contributed by atoms with Crippen LogP contribution in [-0.4, -0.2) is 40.6 Å². The average Bonchev–Trinajstić information content (AvgIpc) is 2.94. The molecule has 0 spiro atoms. The topological polar surface area (TPSA) is 75.0 Å². The van der Waals surface area contributed by atoms with Crippen LogP contribution in [0.4, 0.5) is 0 Å². The van der Waals surface area contributed by atoms with Gasteiger partial charge in [0.1, 0.15) is 5.69 Å². The van der Waals surface area contributed by atoms with Crippen molar-refractivity contribution in [2.45, 2.75) is 39.5 Å². The zero-order valence-electron chi connectivity index (χ0n) is 12.3. The van der Waals surface area contributed by atoms with E-state index in [1.165, 1.54) is 0 Å². The molecule has 0 aliphatic carbocycles. The van der Waals surface area contributed by atoms with Crippen LogP contribution in [0.3, 0.4) is 0 Å². The minimum Gasteiger partial charge on any atom is -0.337 e. The summed E-state index contributed by atoms with van der Waals surface area (Å²) in [6.45, 7) is 10.5. The number of carbonyl (C=O) groups excluding carboxylic acids is 1. The third-order valence-corrected chi connectivity index (χ3v) is 3.94. The SMILES string of the molecule is CC1(CN)CCN(C(=O)c2cc(C(C)(C)C)[nH]n2)C1. The molecule has 1 fully saturated rings. The van der Waals surface area contributed by atoms with Crippen LogP contribution >= 0.6 is 0 Å². The Morgan fingerprint density at radius 3 is 2.74 bits per heavy atom. The average molecular weight is 264 g/mol. The van der Waals surface area contributed by atoms with Crippen LogP contribution in [0.25, 0.3) is 0 Å². The predicted octanol–water partition coefficient (Wildman–Crippen LogP) is 1.52. The van der Waals surface area contributed by atoms with Crippen LogP contribution in [0.1, 0.15) is 50.3 Å². The summed E-state index contributed by atoms with van der Waals surface area (Å²) in [5, 5.41) is 7.12. The Hall–Kier alpha value is -1.36. The molecule has 0 aromatic carbocycles. The molecule has 1 amide bonds. The summed E-state index contributed by atoms with van der Waals surface area (Å²) in [6, 6.07) is 1.86. The van der Waals surface area contributed by atoms with Gasteiger partial charge in [-0.1, -0.05) is 27.7 Å². The van der Waals surface area contributed by atoms with Gasteiger partial charge >= 0.3 is 0 Å². The second-order valence-corrected chi connectivity index (χ2v) is 6.91. The number of aromatic nitrogens is 2. The molecule has 19 heavy (non-hydrogen) atoms. The molecule has 0 bridgehead atoms. The fourth-order valence-corrected chi connectivity index (χ4v) is 2.34. The van der Waals surface area contributed by atoms with Gasteiger partial charge in [0.2, 0.25) is 0 Å². The number of likely N-dealkylation sites (tertiary alicyclic amines) is 1. The van der Waals surface area contributed by atoms with Gasteiger partial charge in [-0.25, -0.2) is 0 Å². The molecular formula is C14H24N4O. The molecule has 1 atom stereocenters. The van der Waals surface area contributed by atoms with Crippen molar-refractivity contribution in [3.63, 3.8) is 0 Å². The van der Waals surface area contributed by atoms with E-state index in [0.29, 0.717) is 12.2 Å². The minimum atomic E-state index is -0.0255. The van der Waals surface area contributed by atoms with Crippen molar-refractivity contribution in [3.8, 4) is 0 Å².